The second kappa shape index (κ2) is 8.13. The highest BCUT2D eigenvalue weighted by Crippen LogP contribution is 2.37. The van der Waals surface area contributed by atoms with Gasteiger partial charge >= 0.3 is 0 Å². The molecule has 0 aliphatic heterocycles. The van der Waals surface area contributed by atoms with Gasteiger partial charge in [0.25, 0.3) is 0 Å². The molecule has 0 saturated heterocycles. The first-order chi connectivity index (χ1) is 12.5. The molecule has 1 aromatic heterocycles. The smallest absolute Gasteiger partial charge is 0.237 e. The average Bonchev–Trinajstić information content (AvgIpc) is 3.36. The van der Waals surface area contributed by atoms with Crippen LogP contribution in [0.4, 0.5) is 15.2 Å². The number of amides is 2. The topological polar surface area (TPSA) is 75.2 Å². The van der Waals surface area contributed by atoms with Crippen LogP contribution in [0.1, 0.15) is 33.1 Å². The van der Waals surface area contributed by atoms with Crippen molar-refractivity contribution < 1.29 is 14.0 Å². The molecule has 1 heterocycles. The van der Waals surface area contributed by atoms with Crippen molar-refractivity contribution in [1.82, 2.24) is 10.2 Å². The van der Waals surface area contributed by atoms with Crippen molar-refractivity contribution in [2.24, 2.45) is 0 Å². The highest BCUT2D eigenvalue weighted by molar-refractivity contribution is 8.02. The Kier molecular flexibility index (Phi) is 5.87. The van der Waals surface area contributed by atoms with Crippen LogP contribution in [0.5, 0.6) is 0 Å². The van der Waals surface area contributed by atoms with E-state index in [2.05, 4.69) is 15.5 Å². The van der Waals surface area contributed by atoms with Crippen molar-refractivity contribution in [1.29, 1.82) is 0 Å². The molecule has 6 nitrogen and oxygen atoms in total. The van der Waals surface area contributed by atoms with Gasteiger partial charge in [0.2, 0.25) is 16.9 Å². The minimum absolute atomic E-state index is 0.0329. The number of anilines is 2. The lowest BCUT2D eigenvalue weighted by molar-refractivity contribution is -0.118. The van der Waals surface area contributed by atoms with E-state index in [9.17, 15) is 14.0 Å². The fourth-order valence-electron chi connectivity index (χ4n) is 2.32. The highest BCUT2D eigenvalue weighted by atomic mass is 32.2. The quantitative estimate of drug-likeness (QED) is 0.572. The SMILES string of the molecule is CCC(=O)N(c1nnc(SC(C)C(=O)Nc2ccccc2F)s1)C1CC1. The lowest BCUT2D eigenvalue weighted by Gasteiger charge is -2.17. The maximum absolute atomic E-state index is 13.6. The van der Waals surface area contributed by atoms with Crippen LogP contribution in [0.2, 0.25) is 0 Å². The van der Waals surface area contributed by atoms with Gasteiger partial charge in [-0.05, 0) is 31.9 Å². The Labute approximate surface area is 159 Å². The van der Waals surface area contributed by atoms with E-state index in [1.54, 1.807) is 24.0 Å². The summed E-state index contributed by atoms with van der Waals surface area (Å²) in [4.78, 5) is 26.1. The number of halogens is 1. The van der Waals surface area contributed by atoms with Gasteiger partial charge in [0, 0.05) is 12.5 Å². The minimum Gasteiger partial charge on any atom is -0.323 e. The van der Waals surface area contributed by atoms with E-state index in [0.717, 1.165) is 12.8 Å². The Morgan fingerprint density at radius 3 is 2.77 bits per heavy atom. The van der Waals surface area contributed by atoms with Gasteiger partial charge in [-0.3, -0.25) is 14.5 Å². The van der Waals surface area contributed by atoms with E-state index < -0.39 is 11.1 Å². The first-order valence-corrected chi connectivity index (χ1v) is 10.1. The number of benzene rings is 1. The van der Waals surface area contributed by atoms with Crippen LogP contribution < -0.4 is 10.2 Å². The third-order valence-corrected chi connectivity index (χ3v) is 5.97. The number of nitrogens with zero attached hydrogens (tertiary/aromatic N) is 3. The van der Waals surface area contributed by atoms with Crippen LogP contribution in [0.15, 0.2) is 28.6 Å². The molecule has 26 heavy (non-hydrogen) atoms. The molecule has 0 spiro atoms. The highest BCUT2D eigenvalue weighted by Gasteiger charge is 2.35. The second-order valence-corrected chi connectivity index (χ2v) is 8.47. The predicted molar refractivity (Wildman–Crippen MR) is 101 cm³/mol. The van der Waals surface area contributed by atoms with Crippen molar-refractivity contribution >= 4 is 45.7 Å². The second-order valence-electron chi connectivity index (χ2n) is 5.93. The van der Waals surface area contributed by atoms with Crippen LogP contribution in [0.3, 0.4) is 0 Å². The lowest BCUT2D eigenvalue weighted by atomic mass is 10.3. The standard InChI is InChI=1S/C17H19FN4O2S2/c1-3-14(23)22(11-8-9-11)16-20-21-17(26-16)25-10(2)15(24)19-13-7-5-4-6-12(13)18/h4-7,10-11H,3,8-9H2,1-2H3,(H,19,24). The van der Waals surface area contributed by atoms with Crippen molar-refractivity contribution in [3.63, 3.8) is 0 Å². The Bertz CT molecular complexity index is 810. The molecule has 2 amide bonds. The normalized spacial score (nSPS) is 14.7. The largest absolute Gasteiger partial charge is 0.323 e. The predicted octanol–water partition coefficient (Wildman–Crippen LogP) is 3.70. The third kappa shape index (κ3) is 4.39. The summed E-state index contributed by atoms with van der Waals surface area (Å²) in [7, 11) is 0. The number of hydrogen-bond acceptors (Lipinski definition) is 6. The van der Waals surface area contributed by atoms with E-state index >= 15 is 0 Å². The lowest BCUT2D eigenvalue weighted by Crippen LogP contribution is -2.32. The Morgan fingerprint density at radius 2 is 2.12 bits per heavy atom. The summed E-state index contributed by atoms with van der Waals surface area (Å²) in [6, 6.07) is 6.24. The molecule has 1 aromatic carbocycles. The molecule has 2 aromatic rings. The molecule has 0 radical (unpaired) electrons. The average molecular weight is 394 g/mol. The van der Waals surface area contributed by atoms with Crippen LogP contribution in [0, 0.1) is 5.82 Å². The van der Waals surface area contributed by atoms with Gasteiger partial charge in [0.05, 0.1) is 10.9 Å². The number of nitrogens with one attached hydrogen (secondary N) is 1. The molecular weight excluding hydrogens is 375 g/mol. The summed E-state index contributed by atoms with van der Waals surface area (Å²) in [5.74, 6) is -0.763. The van der Waals surface area contributed by atoms with E-state index in [4.69, 9.17) is 0 Å². The monoisotopic (exact) mass is 394 g/mol. The molecular formula is C17H19FN4O2S2. The maximum atomic E-state index is 13.6. The molecule has 1 fully saturated rings. The Morgan fingerprint density at radius 1 is 1.38 bits per heavy atom. The van der Waals surface area contributed by atoms with Crippen molar-refractivity contribution in [3.05, 3.63) is 30.1 Å². The van der Waals surface area contributed by atoms with Gasteiger partial charge in [0.1, 0.15) is 5.82 Å². The summed E-state index contributed by atoms with van der Waals surface area (Å²) < 4.78 is 14.2. The number of thioether (sulfide) groups is 1. The van der Waals surface area contributed by atoms with Crippen LogP contribution in [0.25, 0.3) is 0 Å². The molecule has 9 heteroatoms. The van der Waals surface area contributed by atoms with E-state index in [1.165, 1.54) is 35.2 Å². The fourth-order valence-corrected chi connectivity index (χ4v) is 4.39. The van der Waals surface area contributed by atoms with E-state index in [1.807, 2.05) is 6.92 Å². The maximum Gasteiger partial charge on any atom is 0.237 e. The van der Waals surface area contributed by atoms with E-state index in [-0.39, 0.29) is 23.5 Å². The first kappa shape index (κ1) is 18.8. The number of rotatable bonds is 7. The summed E-state index contributed by atoms with van der Waals surface area (Å²) in [6.07, 6.45) is 2.38. The van der Waals surface area contributed by atoms with Gasteiger partial charge in [-0.15, -0.1) is 10.2 Å². The third-order valence-electron chi connectivity index (χ3n) is 3.86. The van der Waals surface area contributed by atoms with E-state index in [0.29, 0.717) is 15.9 Å². The molecule has 1 aliphatic carbocycles. The van der Waals surface area contributed by atoms with Gasteiger partial charge in [-0.25, -0.2) is 4.39 Å². The molecule has 1 atom stereocenters. The number of para-hydroxylation sites is 1. The summed E-state index contributed by atoms with van der Waals surface area (Å²) in [5.41, 5.74) is 0.149. The van der Waals surface area contributed by atoms with Crippen LogP contribution >= 0.6 is 23.1 Å². The van der Waals surface area contributed by atoms with Crippen LogP contribution in [-0.4, -0.2) is 33.3 Å². The molecule has 1 unspecified atom stereocenters. The van der Waals surface area contributed by atoms with Gasteiger partial charge in [0.15, 0.2) is 4.34 Å². The minimum atomic E-state index is -0.480. The molecule has 1 aliphatic rings. The van der Waals surface area contributed by atoms with Crippen molar-refractivity contribution in [3.8, 4) is 0 Å². The zero-order chi connectivity index (χ0) is 18.7. The molecule has 1 saturated carbocycles. The molecule has 1 N–H and O–H groups in total. The molecule has 138 valence electrons. The molecule has 0 bridgehead atoms. The van der Waals surface area contributed by atoms with Gasteiger partial charge in [-0.2, -0.15) is 0 Å². The Hall–Kier alpha value is -2.00. The number of aromatic nitrogens is 2. The van der Waals surface area contributed by atoms with Crippen molar-refractivity contribution in [2.45, 2.75) is 48.7 Å². The first-order valence-electron chi connectivity index (χ1n) is 8.37. The number of carbonyl (C=O) groups is 2. The van der Waals surface area contributed by atoms with Crippen LogP contribution in [-0.2, 0) is 9.59 Å². The Balaban J connectivity index is 1.63. The van der Waals surface area contributed by atoms with Crippen molar-refractivity contribution in [2.75, 3.05) is 10.2 Å². The van der Waals surface area contributed by atoms with Gasteiger partial charge in [-0.1, -0.05) is 42.2 Å². The summed E-state index contributed by atoms with van der Waals surface area (Å²) in [6.45, 7) is 3.54. The molecule has 3 rings (SSSR count). The van der Waals surface area contributed by atoms with Gasteiger partial charge < -0.3 is 5.32 Å². The number of carbonyl (C=O) groups excluding carboxylic acids is 2. The summed E-state index contributed by atoms with van der Waals surface area (Å²) >= 11 is 2.54. The zero-order valence-corrected chi connectivity index (χ0v) is 16.1. The zero-order valence-electron chi connectivity index (χ0n) is 14.4. The summed E-state index contributed by atoms with van der Waals surface area (Å²) in [5, 5.41) is 10.9. The number of hydrogen-bond donors (Lipinski definition) is 1. The fraction of sp³-hybridized carbons (Fsp3) is 0.412.